The monoisotopic (exact) mass is 510 g/mol. The Morgan fingerprint density at radius 1 is 1.03 bits per heavy atom. The predicted octanol–water partition coefficient (Wildman–Crippen LogP) is 3.60. The molecule has 2 heterocycles. The number of hydrogen-bond donors (Lipinski definition) is 0. The normalized spacial score (nSPS) is 14.7. The number of halogens is 1. The van der Waals surface area contributed by atoms with Gasteiger partial charge < -0.3 is 28.8 Å². The highest BCUT2D eigenvalue weighted by atomic mass is 19.1. The van der Waals surface area contributed by atoms with Crippen molar-refractivity contribution in [1.82, 2.24) is 9.80 Å². The van der Waals surface area contributed by atoms with Crippen molar-refractivity contribution >= 4 is 28.4 Å². The van der Waals surface area contributed by atoms with Crippen LogP contribution in [0.5, 0.6) is 0 Å². The zero-order chi connectivity index (χ0) is 26.7. The predicted molar refractivity (Wildman–Crippen MR) is 144 cm³/mol. The smallest absolute Gasteiger partial charge is 0.253 e. The minimum absolute atomic E-state index is 0.168. The maximum atomic E-state index is 13.6. The zero-order valence-electron chi connectivity index (χ0n) is 22.2. The Balaban J connectivity index is 1.82. The Morgan fingerprint density at radius 2 is 1.70 bits per heavy atom. The molecule has 1 aliphatic heterocycles. The van der Waals surface area contributed by atoms with E-state index in [2.05, 4.69) is 0 Å². The fourth-order valence-corrected chi connectivity index (χ4v) is 4.43. The quantitative estimate of drug-likeness (QED) is 0.459. The van der Waals surface area contributed by atoms with Gasteiger partial charge in [-0.1, -0.05) is 0 Å². The van der Waals surface area contributed by atoms with Gasteiger partial charge in [0.05, 0.1) is 24.6 Å². The van der Waals surface area contributed by atoms with Gasteiger partial charge in [0.15, 0.2) is 11.3 Å². The van der Waals surface area contributed by atoms with Crippen molar-refractivity contribution in [3.05, 3.63) is 69.6 Å². The first-order chi connectivity index (χ1) is 17.7. The van der Waals surface area contributed by atoms with E-state index in [1.807, 2.05) is 48.8 Å². The van der Waals surface area contributed by atoms with Crippen LogP contribution in [0, 0.1) is 5.82 Å². The van der Waals surface area contributed by atoms with Crippen LogP contribution in [0.1, 0.15) is 28.9 Å². The minimum Gasteiger partial charge on any atom is -0.440 e. The highest BCUT2D eigenvalue weighted by Gasteiger charge is 2.24. The third-order valence-corrected chi connectivity index (χ3v) is 6.91. The van der Waals surface area contributed by atoms with Gasteiger partial charge in [-0.15, -0.1) is 0 Å². The molecule has 198 valence electrons. The molecular weight excluding hydrogens is 475 g/mol. The fourth-order valence-electron chi connectivity index (χ4n) is 4.43. The number of carbonyl (C=O) groups excluding carboxylic acids is 1. The van der Waals surface area contributed by atoms with Crippen LogP contribution < -0.4 is 15.2 Å². The molecule has 1 aromatic heterocycles. The maximum Gasteiger partial charge on any atom is 0.253 e. The first-order valence-corrected chi connectivity index (χ1v) is 12.5. The summed E-state index contributed by atoms with van der Waals surface area (Å²) in [5, 5.41) is 0.359. The van der Waals surface area contributed by atoms with Crippen molar-refractivity contribution in [3.63, 3.8) is 0 Å². The molecule has 2 aromatic carbocycles. The molecule has 0 saturated carbocycles. The molecule has 8 nitrogen and oxygen atoms in total. The molecule has 0 aliphatic carbocycles. The number of benzene rings is 2. The number of likely N-dealkylation sites (N-methyl/N-ethyl adjacent to an activating group) is 2. The first kappa shape index (κ1) is 26.6. The number of morpholine rings is 1. The van der Waals surface area contributed by atoms with E-state index in [0.29, 0.717) is 60.8 Å². The van der Waals surface area contributed by atoms with Crippen molar-refractivity contribution in [2.24, 2.45) is 0 Å². The fraction of sp³-hybridized carbons (Fsp3) is 0.429. The number of amides is 1. The molecule has 1 saturated heterocycles. The van der Waals surface area contributed by atoms with Gasteiger partial charge in [-0.25, -0.2) is 4.39 Å². The number of carbonyl (C=O) groups is 1. The van der Waals surface area contributed by atoms with Crippen LogP contribution in [0.15, 0.2) is 51.7 Å². The number of ether oxygens (including phenoxy) is 1. The van der Waals surface area contributed by atoms with E-state index in [1.165, 1.54) is 18.2 Å². The van der Waals surface area contributed by atoms with Crippen molar-refractivity contribution in [1.29, 1.82) is 0 Å². The Labute approximate surface area is 216 Å². The molecule has 0 spiro atoms. The summed E-state index contributed by atoms with van der Waals surface area (Å²) >= 11 is 0. The van der Waals surface area contributed by atoms with Gasteiger partial charge in [0.1, 0.15) is 11.4 Å². The minimum atomic E-state index is -0.315. The van der Waals surface area contributed by atoms with Crippen molar-refractivity contribution < 1.29 is 18.3 Å². The first-order valence-electron chi connectivity index (χ1n) is 12.5. The number of fused-ring (bicyclic) bond motifs is 1. The van der Waals surface area contributed by atoms with E-state index in [4.69, 9.17) is 9.15 Å². The van der Waals surface area contributed by atoms with Crippen molar-refractivity contribution in [3.8, 4) is 0 Å². The standard InChI is InChI=1S/C28H35FN4O4/c1-19(32(5)22-8-6-21(29)7-9-22)23-16-20(28(35)31(4)11-10-30(2)3)17-24-25(34)18-26(37-27(23)24)33-12-14-36-15-13-33/h6-9,16-19H,10-15H2,1-5H3. The molecule has 1 unspecified atom stereocenters. The zero-order valence-corrected chi connectivity index (χ0v) is 22.2. The number of rotatable bonds is 8. The van der Waals surface area contributed by atoms with E-state index >= 15 is 0 Å². The van der Waals surface area contributed by atoms with E-state index in [1.54, 1.807) is 30.1 Å². The largest absolute Gasteiger partial charge is 0.440 e. The molecule has 4 rings (SSSR count). The Bertz CT molecular complexity index is 1300. The van der Waals surface area contributed by atoms with Crippen LogP contribution in [-0.4, -0.2) is 83.3 Å². The van der Waals surface area contributed by atoms with Crippen LogP contribution >= 0.6 is 0 Å². The highest BCUT2D eigenvalue weighted by Crippen LogP contribution is 2.33. The summed E-state index contributed by atoms with van der Waals surface area (Å²) < 4.78 is 25.4. The van der Waals surface area contributed by atoms with Crippen LogP contribution in [0.3, 0.4) is 0 Å². The van der Waals surface area contributed by atoms with Gasteiger partial charge in [-0.2, -0.15) is 0 Å². The van der Waals surface area contributed by atoms with Gasteiger partial charge in [-0.3, -0.25) is 9.59 Å². The van der Waals surface area contributed by atoms with Crippen LogP contribution in [0.4, 0.5) is 16.0 Å². The lowest BCUT2D eigenvalue weighted by Gasteiger charge is -2.30. The molecule has 0 radical (unpaired) electrons. The number of anilines is 2. The molecule has 0 bridgehead atoms. The van der Waals surface area contributed by atoms with E-state index in [-0.39, 0.29) is 23.2 Å². The summed E-state index contributed by atoms with van der Waals surface area (Å²) in [6.07, 6.45) is 0. The second-order valence-corrected chi connectivity index (χ2v) is 9.78. The van der Waals surface area contributed by atoms with Crippen LogP contribution in [0.2, 0.25) is 0 Å². The lowest BCUT2D eigenvalue weighted by atomic mass is 9.99. The summed E-state index contributed by atoms with van der Waals surface area (Å²) in [6.45, 7) is 5.62. The Kier molecular flexibility index (Phi) is 8.14. The number of hydrogen-bond acceptors (Lipinski definition) is 7. The molecule has 1 aliphatic rings. The molecule has 3 aromatic rings. The third kappa shape index (κ3) is 5.94. The highest BCUT2D eigenvalue weighted by molar-refractivity contribution is 5.98. The van der Waals surface area contributed by atoms with Gasteiger partial charge >= 0.3 is 0 Å². The Morgan fingerprint density at radius 3 is 2.35 bits per heavy atom. The summed E-state index contributed by atoms with van der Waals surface area (Å²) in [6, 6.07) is 10.9. The summed E-state index contributed by atoms with van der Waals surface area (Å²) in [5.41, 5.74) is 2.18. The second-order valence-electron chi connectivity index (χ2n) is 9.78. The molecule has 37 heavy (non-hydrogen) atoms. The molecule has 9 heteroatoms. The van der Waals surface area contributed by atoms with E-state index in [0.717, 1.165) is 12.2 Å². The molecule has 1 atom stereocenters. The van der Waals surface area contributed by atoms with Crippen molar-refractivity contribution in [2.75, 3.05) is 77.4 Å². The maximum absolute atomic E-state index is 13.6. The van der Waals surface area contributed by atoms with Crippen LogP contribution in [-0.2, 0) is 4.74 Å². The van der Waals surface area contributed by atoms with Crippen molar-refractivity contribution in [2.45, 2.75) is 13.0 Å². The average Bonchev–Trinajstić information content (AvgIpc) is 2.90. The summed E-state index contributed by atoms with van der Waals surface area (Å²) in [7, 11) is 7.56. The van der Waals surface area contributed by atoms with Gasteiger partial charge in [0.2, 0.25) is 0 Å². The second kappa shape index (κ2) is 11.3. The lowest BCUT2D eigenvalue weighted by molar-refractivity contribution is 0.0786. The third-order valence-electron chi connectivity index (χ3n) is 6.91. The van der Waals surface area contributed by atoms with E-state index in [9.17, 15) is 14.0 Å². The summed E-state index contributed by atoms with van der Waals surface area (Å²) in [5.74, 6) is 0.00362. The van der Waals surface area contributed by atoms with Gasteiger partial charge in [0.25, 0.3) is 5.91 Å². The average molecular weight is 511 g/mol. The van der Waals surface area contributed by atoms with Gasteiger partial charge in [0, 0.05) is 63.2 Å². The molecule has 0 N–H and O–H groups in total. The Hall–Kier alpha value is -3.43. The SMILES string of the molecule is CC(c1cc(C(=O)N(C)CCN(C)C)cc2c(=O)cc(N3CCOCC3)oc12)N(C)c1ccc(F)cc1. The van der Waals surface area contributed by atoms with Crippen LogP contribution in [0.25, 0.3) is 11.0 Å². The summed E-state index contributed by atoms with van der Waals surface area (Å²) in [4.78, 5) is 34.4. The van der Waals surface area contributed by atoms with Gasteiger partial charge in [-0.05, 0) is 57.4 Å². The molecule has 1 fully saturated rings. The van der Waals surface area contributed by atoms with E-state index < -0.39 is 0 Å². The topological polar surface area (TPSA) is 69.5 Å². The number of nitrogens with zero attached hydrogens (tertiary/aromatic N) is 4. The molecule has 1 amide bonds. The lowest BCUT2D eigenvalue weighted by Crippen LogP contribution is -2.36. The molecular formula is C28H35FN4O4.